The summed E-state index contributed by atoms with van der Waals surface area (Å²) in [6.07, 6.45) is 3.39. The van der Waals surface area contributed by atoms with Crippen LogP contribution in [-0.2, 0) is 12.8 Å². The van der Waals surface area contributed by atoms with Crippen molar-refractivity contribution in [2.24, 2.45) is 5.92 Å². The first-order chi connectivity index (χ1) is 13.7. The van der Waals surface area contributed by atoms with Crippen LogP contribution in [0.2, 0.25) is 0 Å². The van der Waals surface area contributed by atoms with Crippen molar-refractivity contribution in [2.75, 3.05) is 5.32 Å². The molecule has 1 amide bonds. The number of aromatic nitrogens is 2. The lowest BCUT2D eigenvalue weighted by molar-refractivity contribution is 0.102. The van der Waals surface area contributed by atoms with E-state index in [1.165, 1.54) is 34.4 Å². The fraction of sp³-hybridized carbons (Fsp3) is 0.217. The summed E-state index contributed by atoms with van der Waals surface area (Å²) in [6, 6.07) is 15.9. The van der Waals surface area contributed by atoms with E-state index in [-0.39, 0.29) is 5.91 Å². The van der Waals surface area contributed by atoms with Crippen molar-refractivity contribution in [1.82, 2.24) is 9.97 Å². The van der Waals surface area contributed by atoms with Gasteiger partial charge < -0.3 is 4.98 Å². The van der Waals surface area contributed by atoms with Crippen molar-refractivity contribution in [2.45, 2.75) is 26.2 Å². The molecule has 140 valence electrons. The standard InChI is InChI=1S/C23H21N3OS/c1-14-7-9-19-17(11-14)18-12-16(8-10-20(18)24-19)22(27)26-23-25-21(13-28-23)15-5-3-2-4-6-15/h2-6,8,10,12-14,24H,7,9,11H2,1H3,(H,25,26,27)/t14-/m0/s1. The Morgan fingerprint density at radius 1 is 1.21 bits per heavy atom. The third-order valence-electron chi connectivity index (χ3n) is 5.49. The molecular formula is C23H21N3OS. The van der Waals surface area contributed by atoms with Gasteiger partial charge in [-0.15, -0.1) is 11.3 Å². The number of amides is 1. The fourth-order valence-corrected chi connectivity index (χ4v) is 4.69. The Morgan fingerprint density at radius 3 is 2.93 bits per heavy atom. The van der Waals surface area contributed by atoms with Gasteiger partial charge in [0.15, 0.2) is 5.13 Å². The topological polar surface area (TPSA) is 57.8 Å². The molecule has 0 fully saturated rings. The van der Waals surface area contributed by atoms with Crippen LogP contribution in [0.4, 0.5) is 5.13 Å². The van der Waals surface area contributed by atoms with E-state index in [0.717, 1.165) is 29.6 Å². The highest BCUT2D eigenvalue weighted by molar-refractivity contribution is 7.14. The zero-order chi connectivity index (χ0) is 19.1. The third kappa shape index (κ3) is 3.12. The Balaban J connectivity index is 1.40. The van der Waals surface area contributed by atoms with Crippen LogP contribution in [0.25, 0.3) is 22.2 Å². The largest absolute Gasteiger partial charge is 0.358 e. The number of carbonyl (C=O) groups is 1. The van der Waals surface area contributed by atoms with Crippen LogP contribution < -0.4 is 5.32 Å². The Labute approximate surface area is 167 Å². The molecule has 1 aliphatic rings. The molecule has 5 rings (SSSR count). The van der Waals surface area contributed by atoms with Crippen LogP contribution in [0.5, 0.6) is 0 Å². The number of hydrogen-bond donors (Lipinski definition) is 2. The molecule has 1 atom stereocenters. The van der Waals surface area contributed by atoms with E-state index in [4.69, 9.17) is 0 Å². The van der Waals surface area contributed by atoms with Crippen molar-refractivity contribution in [1.29, 1.82) is 0 Å². The van der Waals surface area contributed by atoms with E-state index >= 15 is 0 Å². The number of aromatic amines is 1. The first-order valence-corrected chi connectivity index (χ1v) is 10.5. The van der Waals surface area contributed by atoms with Crippen LogP contribution in [0, 0.1) is 5.92 Å². The monoisotopic (exact) mass is 387 g/mol. The minimum Gasteiger partial charge on any atom is -0.358 e. The Morgan fingerprint density at radius 2 is 2.07 bits per heavy atom. The molecule has 4 nitrogen and oxygen atoms in total. The predicted molar refractivity (Wildman–Crippen MR) is 115 cm³/mol. The van der Waals surface area contributed by atoms with Crippen molar-refractivity contribution in [3.05, 3.63) is 70.7 Å². The maximum Gasteiger partial charge on any atom is 0.257 e. The quantitative estimate of drug-likeness (QED) is 0.476. The molecule has 2 aromatic carbocycles. The summed E-state index contributed by atoms with van der Waals surface area (Å²) in [6.45, 7) is 2.30. The second kappa shape index (κ2) is 6.91. The van der Waals surface area contributed by atoms with Gasteiger partial charge in [-0.2, -0.15) is 0 Å². The molecular weight excluding hydrogens is 366 g/mol. The van der Waals surface area contributed by atoms with Gasteiger partial charge in [0.05, 0.1) is 5.69 Å². The third-order valence-corrected chi connectivity index (χ3v) is 6.25. The van der Waals surface area contributed by atoms with Crippen LogP contribution in [0.15, 0.2) is 53.9 Å². The smallest absolute Gasteiger partial charge is 0.257 e. The van der Waals surface area contributed by atoms with E-state index in [1.54, 1.807) is 0 Å². The second-order valence-electron chi connectivity index (χ2n) is 7.55. The molecule has 4 aromatic rings. The minimum atomic E-state index is -0.116. The van der Waals surface area contributed by atoms with E-state index in [0.29, 0.717) is 16.6 Å². The summed E-state index contributed by atoms with van der Waals surface area (Å²) in [4.78, 5) is 20.9. The van der Waals surface area contributed by atoms with Gasteiger partial charge in [-0.3, -0.25) is 10.1 Å². The summed E-state index contributed by atoms with van der Waals surface area (Å²) in [5.41, 5.74) is 6.43. The van der Waals surface area contributed by atoms with Gasteiger partial charge in [-0.25, -0.2) is 4.98 Å². The maximum absolute atomic E-state index is 12.8. The first-order valence-electron chi connectivity index (χ1n) is 9.63. The number of nitrogens with zero attached hydrogens (tertiary/aromatic N) is 1. The molecule has 28 heavy (non-hydrogen) atoms. The SMILES string of the molecule is C[C@H]1CCc2[nH]c3ccc(C(=O)Nc4nc(-c5ccccc5)cs4)cc3c2C1. The number of anilines is 1. The number of H-pyrrole nitrogens is 1. The summed E-state index contributed by atoms with van der Waals surface area (Å²) in [7, 11) is 0. The van der Waals surface area contributed by atoms with Crippen molar-refractivity contribution >= 4 is 33.3 Å². The lowest BCUT2D eigenvalue weighted by Crippen LogP contribution is -2.12. The number of aryl methyl sites for hydroxylation is 1. The van der Waals surface area contributed by atoms with Crippen LogP contribution in [0.3, 0.4) is 0 Å². The van der Waals surface area contributed by atoms with E-state index in [9.17, 15) is 4.79 Å². The number of fused-ring (bicyclic) bond motifs is 3. The predicted octanol–water partition coefficient (Wildman–Crippen LogP) is 5.67. The summed E-state index contributed by atoms with van der Waals surface area (Å²) >= 11 is 1.45. The average molecular weight is 388 g/mol. The van der Waals surface area contributed by atoms with Gasteiger partial charge in [0.2, 0.25) is 0 Å². The lowest BCUT2D eigenvalue weighted by atomic mass is 9.87. The molecule has 2 heterocycles. The van der Waals surface area contributed by atoms with Gasteiger partial charge in [0.25, 0.3) is 5.91 Å². The molecule has 0 aliphatic heterocycles. The van der Waals surface area contributed by atoms with Gasteiger partial charge in [-0.1, -0.05) is 37.3 Å². The van der Waals surface area contributed by atoms with E-state index in [2.05, 4.69) is 22.2 Å². The number of thiazole rings is 1. The van der Waals surface area contributed by atoms with Crippen molar-refractivity contribution < 1.29 is 4.79 Å². The molecule has 2 N–H and O–H groups in total. The van der Waals surface area contributed by atoms with Crippen LogP contribution >= 0.6 is 11.3 Å². The molecule has 2 aromatic heterocycles. The van der Waals surface area contributed by atoms with Gasteiger partial charge in [0, 0.05) is 33.1 Å². The zero-order valence-corrected chi connectivity index (χ0v) is 16.5. The van der Waals surface area contributed by atoms with Crippen LogP contribution in [-0.4, -0.2) is 15.9 Å². The number of rotatable bonds is 3. The average Bonchev–Trinajstić information content (AvgIpc) is 3.32. The number of carbonyl (C=O) groups excluding carboxylic acids is 1. The molecule has 0 saturated carbocycles. The second-order valence-corrected chi connectivity index (χ2v) is 8.41. The first kappa shape index (κ1) is 17.2. The highest BCUT2D eigenvalue weighted by Crippen LogP contribution is 2.32. The van der Waals surface area contributed by atoms with E-state index in [1.807, 2.05) is 53.9 Å². The van der Waals surface area contributed by atoms with Crippen molar-refractivity contribution in [3.8, 4) is 11.3 Å². The van der Waals surface area contributed by atoms with Crippen molar-refractivity contribution in [3.63, 3.8) is 0 Å². The Kier molecular flexibility index (Phi) is 4.24. The molecule has 0 spiro atoms. The zero-order valence-electron chi connectivity index (χ0n) is 15.7. The van der Waals surface area contributed by atoms with Gasteiger partial charge in [0.1, 0.15) is 0 Å². The molecule has 0 unspecified atom stereocenters. The highest BCUT2D eigenvalue weighted by Gasteiger charge is 2.20. The number of hydrogen-bond acceptors (Lipinski definition) is 3. The summed E-state index contributed by atoms with van der Waals surface area (Å²) in [5, 5.41) is 6.72. The fourth-order valence-electron chi connectivity index (χ4n) is 3.97. The molecule has 5 heteroatoms. The molecule has 1 aliphatic carbocycles. The number of nitrogens with one attached hydrogen (secondary N) is 2. The van der Waals surface area contributed by atoms with Gasteiger partial charge >= 0.3 is 0 Å². The Bertz CT molecular complexity index is 1160. The maximum atomic E-state index is 12.8. The van der Waals surface area contributed by atoms with E-state index < -0.39 is 0 Å². The normalized spacial score (nSPS) is 16.1. The summed E-state index contributed by atoms with van der Waals surface area (Å²) in [5.74, 6) is 0.574. The minimum absolute atomic E-state index is 0.116. The van der Waals surface area contributed by atoms with Gasteiger partial charge in [-0.05, 0) is 48.9 Å². The van der Waals surface area contributed by atoms with Crippen LogP contribution in [0.1, 0.15) is 35.0 Å². The number of benzene rings is 2. The Hall–Kier alpha value is -2.92. The lowest BCUT2D eigenvalue weighted by Gasteiger charge is -2.18. The molecule has 0 saturated heterocycles. The highest BCUT2D eigenvalue weighted by atomic mass is 32.1. The molecule has 0 bridgehead atoms. The summed E-state index contributed by atoms with van der Waals surface area (Å²) < 4.78 is 0. The molecule has 0 radical (unpaired) electrons.